The summed E-state index contributed by atoms with van der Waals surface area (Å²) in [6, 6.07) is 3.41. The Kier molecular flexibility index (Phi) is 5.20. The summed E-state index contributed by atoms with van der Waals surface area (Å²) in [7, 11) is 0. The van der Waals surface area contributed by atoms with Gasteiger partial charge >= 0.3 is 0 Å². The van der Waals surface area contributed by atoms with Gasteiger partial charge in [-0.25, -0.2) is 0 Å². The van der Waals surface area contributed by atoms with E-state index in [0.717, 1.165) is 21.5 Å². The summed E-state index contributed by atoms with van der Waals surface area (Å²) >= 11 is 2.49. The summed E-state index contributed by atoms with van der Waals surface area (Å²) < 4.78 is 0. The van der Waals surface area contributed by atoms with Gasteiger partial charge in [-0.05, 0) is 17.9 Å². The molecule has 2 N–H and O–H groups in total. The highest BCUT2D eigenvalue weighted by molar-refractivity contribution is 8.14. The second-order valence-electron chi connectivity index (χ2n) is 5.62. The van der Waals surface area contributed by atoms with Gasteiger partial charge in [0.05, 0.1) is 17.8 Å². The number of carbonyl (C=O) groups excluding carboxylic acids is 4. The molecule has 2 aliphatic rings. The Labute approximate surface area is 147 Å². The van der Waals surface area contributed by atoms with Gasteiger partial charge in [0.25, 0.3) is 5.24 Å². The van der Waals surface area contributed by atoms with Crippen LogP contribution in [-0.4, -0.2) is 46.2 Å². The largest absolute Gasteiger partial charge is 0.351 e. The number of imide groups is 1. The molecule has 1 aromatic heterocycles. The summed E-state index contributed by atoms with van der Waals surface area (Å²) in [5.41, 5.74) is 0. The molecule has 2 aliphatic heterocycles. The summed E-state index contributed by atoms with van der Waals surface area (Å²) in [6.07, 6.45) is 1.00. The van der Waals surface area contributed by atoms with Crippen LogP contribution in [0.2, 0.25) is 0 Å². The third kappa shape index (κ3) is 3.78. The second kappa shape index (κ2) is 7.35. The van der Waals surface area contributed by atoms with Crippen molar-refractivity contribution in [3.63, 3.8) is 0 Å². The number of thioether (sulfide) groups is 1. The third-order valence-electron chi connectivity index (χ3n) is 4.00. The Hall–Kier alpha value is -1.87. The fourth-order valence-corrected chi connectivity index (χ4v) is 4.37. The zero-order chi connectivity index (χ0) is 17.1. The van der Waals surface area contributed by atoms with Crippen molar-refractivity contribution in [3.8, 4) is 0 Å². The first kappa shape index (κ1) is 17.0. The molecule has 2 atom stereocenters. The van der Waals surface area contributed by atoms with E-state index in [1.165, 1.54) is 11.3 Å². The molecule has 0 saturated carbocycles. The second-order valence-corrected chi connectivity index (χ2v) is 7.53. The van der Waals surface area contributed by atoms with Gasteiger partial charge in [0.15, 0.2) is 0 Å². The molecule has 2 saturated heterocycles. The van der Waals surface area contributed by atoms with Crippen molar-refractivity contribution in [2.75, 3.05) is 12.3 Å². The SMILES string of the molecule is O=C(CCN1C(=O)CSC1=O)N[C@@H]1CCC(=O)N[C@H]1c1cccs1. The highest BCUT2D eigenvalue weighted by atomic mass is 32.2. The maximum atomic E-state index is 12.2. The lowest BCUT2D eigenvalue weighted by molar-refractivity contribution is -0.128. The minimum Gasteiger partial charge on any atom is -0.351 e. The fourth-order valence-electron chi connectivity index (χ4n) is 2.78. The van der Waals surface area contributed by atoms with E-state index in [9.17, 15) is 19.2 Å². The molecule has 2 fully saturated rings. The van der Waals surface area contributed by atoms with E-state index in [1.54, 1.807) is 0 Å². The topological polar surface area (TPSA) is 95.6 Å². The quantitative estimate of drug-likeness (QED) is 0.817. The molecule has 3 rings (SSSR count). The van der Waals surface area contributed by atoms with Gasteiger partial charge in [0, 0.05) is 24.3 Å². The molecule has 0 radical (unpaired) electrons. The molecule has 7 nitrogen and oxygen atoms in total. The minimum absolute atomic E-state index is 0.0239. The Morgan fingerprint density at radius 3 is 2.88 bits per heavy atom. The Morgan fingerprint density at radius 1 is 1.38 bits per heavy atom. The highest BCUT2D eigenvalue weighted by Crippen LogP contribution is 2.27. The molecule has 0 unspecified atom stereocenters. The van der Waals surface area contributed by atoms with Crippen LogP contribution in [-0.2, 0) is 14.4 Å². The Morgan fingerprint density at radius 2 is 2.21 bits per heavy atom. The maximum absolute atomic E-state index is 12.2. The first-order valence-corrected chi connectivity index (χ1v) is 9.50. The predicted octanol–water partition coefficient (Wildman–Crippen LogP) is 1.27. The van der Waals surface area contributed by atoms with E-state index >= 15 is 0 Å². The molecule has 0 aliphatic carbocycles. The first-order valence-electron chi connectivity index (χ1n) is 7.64. The molecule has 9 heteroatoms. The molecule has 4 amide bonds. The van der Waals surface area contributed by atoms with Crippen LogP contribution >= 0.6 is 23.1 Å². The van der Waals surface area contributed by atoms with Crippen molar-refractivity contribution in [2.24, 2.45) is 0 Å². The van der Waals surface area contributed by atoms with Gasteiger partial charge in [0.2, 0.25) is 17.7 Å². The summed E-state index contributed by atoms with van der Waals surface area (Å²) in [4.78, 5) is 49.0. The zero-order valence-corrected chi connectivity index (χ0v) is 14.5. The number of hydrogen-bond donors (Lipinski definition) is 2. The van der Waals surface area contributed by atoms with Crippen molar-refractivity contribution in [1.29, 1.82) is 0 Å². The third-order valence-corrected chi connectivity index (χ3v) is 5.81. The maximum Gasteiger partial charge on any atom is 0.288 e. The van der Waals surface area contributed by atoms with Crippen molar-refractivity contribution >= 4 is 46.1 Å². The molecule has 1 aromatic rings. The number of piperidine rings is 1. The van der Waals surface area contributed by atoms with Crippen LogP contribution < -0.4 is 10.6 Å². The smallest absolute Gasteiger partial charge is 0.288 e. The van der Waals surface area contributed by atoms with Gasteiger partial charge in [-0.1, -0.05) is 17.8 Å². The van der Waals surface area contributed by atoms with E-state index in [4.69, 9.17) is 0 Å². The molecule has 128 valence electrons. The van der Waals surface area contributed by atoms with Gasteiger partial charge in [-0.15, -0.1) is 11.3 Å². The lowest BCUT2D eigenvalue weighted by Crippen LogP contribution is -2.50. The number of thiophene rings is 1. The average Bonchev–Trinajstić information content (AvgIpc) is 3.18. The van der Waals surface area contributed by atoms with Gasteiger partial charge < -0.3 is 10.6 Å². The molecule has 0 aromatic carbocycles. The number of rotatable bonds is 5. The Bertz CT molecular complexity index is 646. The summed E-state index contributed by atoms with van der Waals surface area (Å²) in [5, 5.41) is 7.48. The normalized spacial score (nSPS) is 24.2. The van der Waals surface area contributed by atoms with Crippen LogP contribution in [0.25, 0.3) is 0 Å². The van der Waals surface area contributed by atoms with Crippen LogP contribution in [0.1, 0.15) is 30.2 Å². The van der Waals surface area contributed by atoms with Crippen molar-refractivity contribution < 1.29 is 19.2 Å². The van der Waals surface area contributed by atoms with E-state index in [-0.39, 0.29) is 53.8 Å². The van der Waals surface area contributed by atoms with E-state index in [2.05, 4.69) is 10.6 Å². The van der Waals surface area contributed by atoms with E-state index in [0.29, 0.717) is 12.8 Å². The number of hydrogen-bond acceptors (Lipinski definition) is 6. The Balaban J connectivity index is 1.57. The van der Waals surface area contributed by atoms with Gasteiger partial charge in [0.1, 0.15) is 0 Å². The number of carbonyl (C=O) groups is 4. The van der Waals surface area contributed by atoms with Crippen LogP contribution in [0.5, 0.6) is 0 Å². The van der Waals surface area contributed by atoms with Gasteiger partial charge in [-0.3, -0.25) is 24.1 Å². The first-order chi connectivity index (χ1) is 11.5. The van der Waals surface area contributed by atoms with Crippen LogP contribution in [0, 0.1) is 0 Å². The predicted molar refractivity (Wildman–Crippen MR) is 90.6 cm³/mol. The van der Waals surface area contributed by atoms with Crippen molar-refractivity contribution in [1.82, 2.24) is 15.5 Å². The van der Waals surface area contributed by atoms with Crippen LogP contribution in [0.3, 0.4) is 0 Å². The number of nitrogens with one attached hydrogen (secondary N) is 2. The molecular weight excluding hydrogens is 350 g/mol. The standard InChI is InChI=1S/C15H17N3O4S2/c19-11-4-3-9(14(17-11)10-2-1-7-23-10)16-12(20)5-6-18-13(21)8-24-15(18)22/h1-2,7,9,14H,3-6,8H2,(H,16,20)(H,17,19)/t9-,14-/m1/s1. The lowest BCUT2D eigenvalue weighted by atomic mass is 9.96. The van der Waals surface area contributed by atoms with E-state index in [1.807, 2.05) is 17.5 Å². The highest BCUT2D eigenvalue weighted by Gasteiger charge is 2.33. The number of nitrogens with zero attached hydrogens (tertiary/aromatic N) is 1. The average molecular weight is 367 g/mol. The van der Waals surface area contributed by atoms with Crippen LogP contribution in [0.15, 0.2) is 17.5 Å². The molecule has 0 bridgehead atoms. The number of amides is 4. The van der Waals surface area contributed by atoms with Crippen molar-refractivity contribution in [2.45, 2.75) is 31.3 Å². The monoisotopic (exact) mass is 367 g/mol. The summed E-state index contributed by atoms with van der Waals surface area (Å²) in [6.45, 7) is 0.0965. The molecule has 24 heavy (non-hydrogen) atoms. The lowest BCUT2D eigenvalue weighted by Gasteiger charge is -2.32. The molecule has 0 spiro atoms. The molecule has 3 heterocycles. The minimum atomic E-state index is -0.297. The van der Waals surface area contributed by atoms with Gasteiger partial charge in [-0.2, -0.15) is 0 Å². The van der Waals surface area contributed by atoms with Crippen LogP contribution in [0.4, 0.5) is 4.79 Å². The zero-order valence-electron chi connectivity index (χ0n) is 12.8. The molecular formula is C15H17N3O4S2. The summed E-state index contributed by atoms with van der Waals surface area (Å²) in [5.74, 6) is -0.353. The van der Waals surface area contributed by atoms with Crippen molar-refractivity contribution in [3.05, 3.63) is 22.4 Å². The van der Waals surface area contributed by atoms with E-state index < -0.39 is 0 Å². The fraction of sp³-hybridized carbons (Fsp3) is 0.467.